The first kappa shape index (κ1) is 21.1. The maximum Gasteiger partial charge on any atom is 0.248 e. The Hall–Kier alpha value is -2.73. The number of halogens is 1. The lowest BCUT2D eigenvalue weighted by Gasteiger charge is -2.27. The van der Waals surface area contributed by atoms with Gasteiger partial charge in [0, 0.05) is 16.6 Å². The van der Waals surface area contributed by atoms with Gasteiger partial charge in [-0.1, -0.05) is 65.3 Å². The molecule has 6 heteroatoms. The van der Waals surface area contributed by atoms with E-state index in [-0.39, 0.29) is 41.4 Å². The average Bonchev–Trinajstić information content (AvgIpc) is 3.48. The standard InChI is InChI=1S/C26H25BrN2O3/c1-2-16-14-19(27)10-11-20(16)28-24(30)21(12-15-6-4-3-5-7-15)29-25(31)22-17-8-9-18(13-17)23(22)26(29)32/h3-11,14,17-18,21-23H,2,12-13H2,1H3,(H,28,30)/t17-,18+,21-,22+,23-/m0/s1. The number of likely N-dealkylation sites (tertiary alicyclic amines) is 1. The Morgan fingerprint density at radius 3 is 2.34 bits per heavy atom. The zero-order valence-electron chi connectivity index (χ0n) is 17.8. The van der Waals surface area contributed by atoms with Crippen LogP contribution in [-0.4, -0.2) is 28.7 Å². The molecular formula is C26H25BrN2O3. The summed E-state index contributed by atoms with van der Waals surface area (Å²) >= 11 is 3.47. The van der Waals surface area contributed by atoms with E-state index in [2.05, 4.69) is 33.4 Å². The molecule has 0 unspecified atom stereocenters. The van der Waals surface area contributed by atoms with Crippen LogP contribution in [0.25, 0.3) is 0 Å². The minimum Gasteiger partial charge on any atom is -0.324 e. The summed E-state index contributed by atoms with van der Waals surface area (Å²) < 4.78 is 0.939. The highest BCUT2D eigenvalue weighted by Gasteiger charge is 2.61. The van der Waals surface area contributed by atoms with Crippen LogP contribution in [0.3, 0.4) is 0 Å². The fourth-order valence-electron chi connectivity index (χ4n) is 5.56. The summed E-state index contributed by atoms with van der Waals surface area (Å²) in [6, 6.07) is 14.4. The molecule has 2 bridgehead atoms. The van der Waals surface area contributed by atoms with Crippen molar-refractivity contribution in [2.45, 2.75) is 32.2 Å². The van der Waals surface area contributed by atoms with Crippen molar-refractivity contribution in [1.29, 1.82) is 0 Å². The second-order valence-electron chi connectivity index (χ2n) is 8.90. The number of aryl methyl sites for hydroxylation is 1. The Labute approximate surface area is 196 Å². The van der Waals surface area contributed by atoms with Crippen LogP contribution in [0.5, 0.6) is 0 Å². The van der Waals surface area contributed by atoms with Crippen LogP contribution in [0.2, 0.25) is 0 Å². The molecule has 0 aromatic heterocycles. The summed E-state index contributed by atoms with van der Waals surface area (Å²) in [7, 11) is 0. The number of amides is 3. The molecule has 3 aliphatic rings. The zero-order valence-corrected chi connectivity index (χ0v) is 19.4. The maximum atomic E-state index is 13.6. The largest absolute Gasteiger partial charge is 0.324 e. The average molecular weight is 493 g/mol. The molecule has 0 radical (unpaired) electrons. The quantitative estimate of drug-likeness (QED) is 0.480. The minimum atomic E-state index is -0.879. The number of nitrogens with zero attached hydrogens (tertiary/aromatic N) is 1. The van der Waals surface area contributed by atoms with Gasteiger partial charge >= 0.3 is 0 Å². The Kier molecular flexibility index (Phi) is 5.49. The SMILES string of the molecule is CCc1cc(Br)ccc1NC(=O)[C@H](Cc1ccccc1)N1C(=O)[C@@H]2[C@H](C1=O)[C@H]1C=C[C@@H]2C1. The number of benzene rings is 2. The molecule has 3 amide bonds. The third kappa shape index (κ3) is 3.51. The summed E-state index contributed by atoms with van der Waals surface area (Å²) in [4.78, 5) is 41.7. The maximum absolute atomic E-state index is 13.6. The van der Waals surface area contributed by atoms with Crippen LogP contribution in [0.4, 0.5) is 5.69 Å². The van der Waals surface area contributed by atoms with Gasteiger partial charge in [-0.05, 0) is 54.0 Å². The lowest BCUT2D eigenvalue weighted by molar-refractivity contribution is -0.147. The van der Waals surface area contributed by atoms with E-state index in [1.54, 1.807) is 0 Å². The van der Waals surface area contributed by atoms with E-state index in [9.17, 15) is 14.4 Å². The van der Waals surface area contributed by atoms with Crippen molar-refractivity contribution in [3.05, 3.63) is 76.3 Å². The second-order valence-corrected chi connectivity index (χ2v) is 9.81. The number of anilines is 1. The number of hydrogen-bond donors (Lipinski definition) is 1. The van der Waals surface area contributed by atoms with Crippen molar-refractivity contribution >= 4 is 39.3 Å². The van der Waals surface area contributed by atoms with Gasteiger partial charge < -0.3 is 5.32 Å². The molecule has 2 aliphatic carbocycles. The van der Waals surface area contributed by atoms with Crippen LogP contribution in [0.15, 0.2) is 65.2 Å². The van der Waals surface area contributed by atoms with Crippen molar-refractivity contribution in [2.24, 2.45) is 23.7 Å². The highest BCUT2D eigenvalue weighted by molar-refractivity contribution is 9.10. The fraction of sp³-hybridized carbons (Fsp3) is 0.346. The fourth-order valence-corrected chi connectivity index (χ4v) is 5.97. The Bertz CT molecular complexity index is 1080. The van der Waals surface area contributed by atoms with Gasteiger partial charge in [-0.15, -0.1) is 0 Å². The van der Waals surface area contributed by atoms with E-state index >= 15 is 0 Å². The van der Waals surface area contributed by atoms with Crippen molar-refractivity contribution in [3.8, 4) is 0 Å². The second kappa shape index (κ2) is 8.32. The van der Waals surface area contributed by atoms with Gasteiger partial charge in [0.15, 0.2) is 0 Å². The third-order valence-corrected chi connectivity index (χ3v) is 7.59. The number of hydrogen-bond acceptors (Lipinski definition) is 3. The van der Waals surface area contributed by atoms with E-state index in [4.69, 9.17) is 0 Å². The predicted octanol–water partition coefficient (Wildman–Crippen LogP) is 4.37. The highest BCUT2D eigenvalue weighted by atomic mass is 79.9. The molecule has 1 saturated carbocycles. The van der Waals surface area contributed by atoms with Gasteiger partial charge in [0.25, 0.3) is 0 Å². The number of nitrogens with one attached hydrogen (secondary N) is 1. The minimum absolute atomic E-state index is 0.116. The van der Waals surface area contributed by atoms with Gasteiger partial charge in [0.2, 0.25) is 17.7 Å². The molecule has 1 aliphatic heterocycles. The summed E-state index contributed by atoms with van der Waals surface area (Å²) in [6.45, 7) is 2.02. The molecule has 1 heterocycles. The lowest BCUT2D eigenvalue weighted by Crippen LogP contribution is -2.49. The Morgan fingerprint density at radius 1 is 1.06 bits per heavy atom. The van der Waals surface area contributed by atoms with Crippen molar-refractivity contribution < 1.29 is 14.4 Å². The summed E-state index contributed by atoms with van der Waals surface area (Å²) in [5, 5.41) is 3.01. The number of rotatable bonds is 6. The van der Waals surface area contributed by atoms with E-state index in [1.165, 1.54) is 4.90 Å². The molecule has 5 nitrogen and oxygen atoms in total. The zero-order chi connectivity index (χ0) is 22.4. The third-order valence-electron chi connectivity index (χ3n) is 7.10. The van der Waals surface area contributed by atoms with Gasteiger partial charge in [0.1, 0.15) is 6.04 Å². The summed E-state index contributed by atoms with van der Waals surface area (Å²) in [5.74, 6) is -1.12. The smallest absolute Gasteiger partial charge is 0.248 e. The molecule has 164 valence electrons. The van der Waals surface area contributed by atoms with Gasteiger partial charge in [-0.25, -0.2) is 0 Å². The van der Waals surface area contributed by atoms with Crippen LogP contribution < -0.4 is 5.32 Å². The highest BCUT2D eigenvalue weighted by Crippen LogP contribution is 2.53. The van der Waals surface area contributed by atoms with E-state index in [0.29, 0.717) is 12.1 Å². The van der Waals surface area contributed by atoms with Crippen molar-refractivity contribution in [3.63, 3.8) is 0 Å². The first-order valence-corrected chi connectivity index (χ1v) is 12.0. The molecule has 1 N–H and O–H groups in total. The molecule has 2 fully saturated rings. The molecule has 32 heavy (non-hydrogen) atoms. The van der Waals surface area contributed by atoms with Gasteiger partial charge in [-0.2, -0.15) is 0 Å². The van der Waals surface area contributed by atoms with Crippen molar-refractivity contribution in [2.75, 3.05) is 5.32 Å². The Morgan fingerprint density at radius 2 is 1.72 bits per heavy atom. The summed E-state index contributed by atoms with van der Waals surface area (Å²) in [6.07, 6.45) is 6.06. The molecule has 5 atom stereocenters. The number of imide groups is 1. The number of fused-ring (bicyclic) bond motifs is 5. The van der Waals surface area contributed by atoms with Gasteiger partial charge in [-0.3, -0.25) is 19.3 Å². The van der Waals surface area contributed by atoms with Crippen LogP contribution in [-0.2, 0) is 27.2 Å². The predicted molar refractivity (Wildman–Crippen MR) is 126 cm³/mol. The number of carbonyl (C=O) groups excluding carboxylic acids is 3. The number of allylic oxidation sites excluding steroid dienone is 2. The Balaban J connectivity index is 1.47. The monoisotopic (exact) mass is 492 g/mol. The van der Waals surface area contributed by atoms with Crippen LogP contribution in [0.1, 0.15) is 24.5 Å². The molecular weight excluding hydrogens is 468 g/mol. The van der Waals surface area contributed by atoms with Crippen LogP contribution in [0, 0.1) is 23.7 Å². The van der Waals surface area contributed by atoms with Gasteiger partial charge in [0.05, 0.1) is 11.8 Å². The van der Waals surface area contributed by atoms with E-state index < -0.39 is 6.04 Å². The first-order valence-electron chi connectivity index (χ1n) is 11.2. The first-order chi connectivity index (χ1) is 15.5. The number of carbonyl (C=O) groups is 3. The topological polar surface area (TPSA) is 66.5 Å². The molecule has 0 spiro atoms. The molecule has 2 aromatic carbocycles. The van der Waals surface area contributed by atoms with Crippen molar-refractivity contribution in [1.82, 2.24) is 4.90 Å². The lowest BCUT2D eigenvalue weighted by atomic mass is 9.85. The summed E-state index contributed by atoms with van der Waals surface area (Å²) in [5.41, 5.74) is 2.61. The normalized spacial score (nSPS) is 26.5. The molecule has 1 saturated heterocycles. The molecule has 2 aromatic rings. The van der Waals surface area contributed by atoms with E-state index in [0.717, 1.165) is 28.4 Å². The van der Waals surface area contributed by atoms with Crippen LogP contribution >= 0.6 is 15.9 Å². The van der Waals surface area contributed by atoms with E-state index in [1.807, 2.05) is 55.5 Å². The molecule has 5 rings (SSSR count).